The number of phenolic OH excluding ortho intramolecular Hbond substituents is 1. The highest BCUT2D eigenvalue weighted by Gasteiger charge is 2.25. The van der Waals surface area contributed by atoms with Gasteiger partial charge in [-0.3, -0.25) is 0 Å². The zero-order chi connectivity index (χ0) is 19.7. The highest BCUT2D eigenvalue weighted by molar-refractivity contribution is 6.30. The van der Waals surface area contributed by atoms with Crippen LogP contribution in [-0.4, -0.2) is 17.7 Å². The van der Waals surface area contributed by atoms with Crippen molar-refractivity contribution >= 4 is 28.5 Å². The minimum Gasteiger partial charge on any atom is -0.508 e. The predicted molar refractivity (Wildman–Crippen MR) is 110 cm³/mol. The van der Waals surface area contributed by atoms with Crippen molar-refractivity contribution in [3.63, 3.8) is 0 Å². The van der Waals surface area contributed by atoms with Crippen LogP contribution >= 0.6 is 11.6 Å². The number of rotatable bonds is 4. The van der Waals surface area contributed by atoms with Gasteiger partial charge in [0, 0.05) is 21.5 Å². The molecule has 0 aliphatic rings. The summed E-state index contributed by atoms with van der Waals surface area (Å²) in [5.41, 5.74) is 3.04. The molecule has 0 unspecified atom stereocenters. The molecule has 1 heterocycles. The Morgan fingerprint density at radius 3 is 2.43 bits per heavy atom. The smallest absolute Gasteiger partial charge is 0.342 e. The number of benzene rings is 3. The first-order valence-corrected chi connectivity index (χ1v) is 9.24. The Morgan fingerprint density at radius 2 is 1.75 bits per heavy atom. The van der Waals surface area contributed by atoms with Gasteiger partial charge in [-0.25, -0.2) is 4.79 Å². The molecule has 0 fully saturated rings. The Hall–Kier alpha value is -3.24. The second-order valence-corrected chi connectivity index (χ2v) is 6.71. The highest BCUT2D eigenvalue weighted by atomic mass is 35.5. The molecule has 0 aliphatic heterocycles. The van der Waals surface area contributed by atoms with Crippen LogP contribution in [0.4, 0.5) is 0 Å². The SMILES string of the molecule is CCOC(=O)c1c(-c2ccccc2)oc2c(-c3ccc(Cl)cc3)cc(O)cc12. The van der Waals surface area contributed by atoms with E-state index in [0.717, 1.165) is 11.1 Å². The normalized spacial score (nSPS) is 10.9. The van der Waals surface area contributed by atoms with Gasteiger partial charge in [0.2, 0.25) is 0 Å². The van der Waals surface area contributed by atoms with Crippen LogP contribution in [-0.2, 0) is 4.74 Å². The van der Waals surface area contributed by atoms with Gasteiger partial charge in [0.15, 0.2) is 0 Å². The Morgan fingerprint density at radius 1 is 1.04 bits per heavy atom. The third-order valence-electron chi connectivity index (χ3n) is 4.44. The lowest BCUT2D eigenvalue weighted by molar-refractivity contribution is 0.0529. The topological polar surface area (TPSA) is 59.7 Å². The Balaban J connectivity index is 2.04. The summed E-state index contributed by atoms with van der Waals surface area (Å²) in [4.78, 5) is 12.7. The Kier molecular flexibility index (Phi) is 4.80. The summed E-state index contributed by atoms with van der Waals surface area (Å²) in [7, 11) is 0. The molecular weight excluding hydrogens is 376 g/mol. The Bertz CT molecular complexity index is 1140. The predicted octanol–water partition coefficient (Wildman–Crippen LogP) is 6.30. The van der Waals surface area contributed by atoms with Crippen LogP contribution < -0.4 is 0 Å². The maximum atomic E-state index is 12.7. The second kappa shape index (κ2) is 7.41. The first-order chi connectivity index (χ1) is 13.6. The van der Waals surface area contributed by atoms with E-state index in [1.165, 1.54) is 6.07 Å². The van der Waals surface area contributed by atoms with E-state index in [-0.39, 0.29) is 12.4 Å². The standard InChI is InChI=1S/C23H17ClO4/c1-2-27-23(26)20-19-13-17(25)12-18(14-8-10-16(24)11-9-14)22(19)28-21(20)15-6-4-3-5-7-15/h3-13,25H,2H2,1H3. The lowest BCUT2D eigenvalue weighted by atomic mass is 10.00. The number of aromatic hydroxyl groups is 1. The largest absolute Gasteiger partial charge is 0.508 e. The number of esters is 1. The molecule has 5 heteroatoms. The van der Waals surface area contributed by atoms with Crippen LogP contribution in [0.15, 0.2) is 71.1 Å². The zero-order valence-electron chi connectivity index (χ0n) is 15.1. The van der Waals surface area contributed by atoms with Gasteiger partial charge >= 0.3 is 5.97 Å². The van der Waals surface area contributed by atoms with Crippen molar-refractivity contribution in [1.82, 2.24) is 0 Å². The average Bonchev–Trinajstić information content (AvgIpc) is 3.08. The lowest BCUT2D eigenvalue weighted by Gasteiger charge is -2.05. The summed E-state index contributed by atoms with van der Waals surface area (Å²) in [6, 6.07) is 19.7. The van der Waals surface area contributed by atoms with Crippen LogP contribution in [0.5, 0.6) is 5.75 Å². The number of carbonyl (C=O) groups is 1. The molecule has 4 aromatic rings. The lowest BCUT2D eigenvalue weighted by Crippen LogP contribution is -2.05. The van der Waals surface area contributed by atoms with Gasteiger partial charge in [-0.2, -0.15) is 0 Å². The molecule has 140 valence electrons. The highest BCUT2D eigenvalue weighted by Crippen LogP contribution is 2.41. The van der Waals surface area contributed by atoms with Crippen LogP contribution in [0.2, 0.25) is 5.02 Å². The molecule has 4 nitrogen and oxygen atoms in total. The van der Waals surface area contributed by atoms with E-state index in [0.29, 0.717) is 32.9 Å². The number of hydrogen-bond donors (Lipinski definition) is 1. The molecule has 0 saturated carbocycles. The van der Waals surface area contributed by atoms with Gasteiger partial charge in [0.25, 0.3) is 0 Å². The molecule has 4 rings (SSSR count). The number of carbonyl (C=O) groups excluding carboxylic acids is 1. The van der Waals surface area contributed by atoms with Crippen LogP contribution in [0.3, 0.4) is 0 Å². The molecule has 3 aromatic carbocycles. The summed E-state index contributed by atoms with van der Waals surface area (Å²) >= 11 is 6.00. The number of halogens is 1. The van der Waals surface area contributed by atoms with Crippen molar-refractivity contribution in [3.05, 3.63) is 77.3 Å². The van der Waals surface area contributed by atoms with Crippen LogP contribution in [0.25, 0.3) is 33.4 Å². The fourth-order valence-corrected chi connectivity index (χ4v) is 3.35. The molecule has 0 aliphatic carbocycles. The molecule has 0 atom stereocenters. The van der Waals surface area contributed by atoms with E-state index in [1.807, 2.05) is 42.5 Å². The third-order valence-corrected chi connectivity index (χ3v) is 4.70. The van der Waals surface area contributed by atoms with E-state index in [2.05, 4.69) is 0 Å². The van der Waals surface area contributed by atoms with Crippen molar-refractivity contribution in [2.75, 3.05) is 6.61 Å². The summed E-state index contributed by atoms with van der Waals surface area (Å²) in [6.45, 7) is 1.99. The molecule has 0 radical (unpaired) electrons. The van der Waals surface area contributed by atoms with Gasteiger partial charge < -0.3 is 14.3 Å². The molecule has 0 bridgehead atoms. The summed E-state index contributed by atoms with van der Waals surface area (Å²) in [5.74, 6) is -0.0500. The van der Waals surface area contributed by atoms with Gasteiger partial charge in [-0.05, 0) is 36.8 Å². The van der Waals surface area contributed by atoms with Crippen molar-refractivity contribution in [2.24, 2.45) is 0 Å². The van der Waals surface area contributed by atoms with E-state index >= 15 is 0 Å². The van der Waals surface area contributed by atoms with E-state index in [4.69, 9.17) is 20.8 Å². The van der Waals surface area contributed by atoms with Crippen molar-refractivity contribution in [1.29, 1.82) is 0 Å². The second-order valence-electron chi connectivity index (χ2n) is 6.27. The molecule has 1 aromatic heterocycles. The minimum absolute atomic E-state index is 0.0309. The van der Waals surface area contributed by atoms with Gasteiger partial charge in [0.05, 0.1) is 6.61 Å². The minimum atomic E-state index is -0.493. The van der Waals surface area contributed by atoms with Crippen molar-refractivity contribution in [2.45, 2.75) is 6.92 Å². The Labute approximate surface area is 166 Å². The average molecular weight is 393 g/mol. The molecule has 0 saturated heterocycles. The molecular formula is C23H17ClO4. The first kappa shape index (κ1) is 18.1. The fourth-order valence-electron chi connectivity index (χ4n) is 3.23. The van der Waals surface area contributed by atoms with Gasteiger partial charge in [-0.15, -0.1) is 0 Å². The van der Waals surface area contributed by atoms with Crippen LogP contribution in [0, 0.1) is 0 Å². The number of fused-ring (bicyclic) bond motifs is 1. The van der Waals surface area contributed by atoms with Crippen molar-refractivity contribution < 1.29 is 19.1 Å². The van der Waals surface area contributed by atoms with E-state index < -0.39 is 5.97 Å². The fraction of sp³-hybridized carbons (Fsp3) is 0.0870. The van der Waals surface area contributed by atoms with Crippen LogP contribution in [0.1, 0.15) is 17.3 Å². The number of ether oxygens (including phenoxy) is 1. The summed E-state index contributed by atoms with van der Waals surface area (Å²) in [6.07, 6.45) is 0. The molecule has 28 heavy (non-hydrogen) atoms. The monoisotopic (exact) mass is 392 g/mol. The third kappa shape index (κ3) is 3.23. The van der Waals surface area contributed by atoms with Crippen molar-refractivity contribution in [3.8, 4) is 28.2 Å². The van der Waals surface area contributed by atoms with E-state index in [1.54, 1.807) is 25.1 Å². The quantitative estimate of drug-likeness (QED) is 0.414. The first-order valence-electron chi connectivity index (χ1n) is 8.86. The summed E-state index contributed by atoms with van der Waals surface area (Å²) in [5, 5.41) is 11.4. The van der Waals surface area contributed by atoms with Gasteiger partial charge in [-0.1, -0.05) is 54.1 Å². The number of furan rings is 1. The van der Waals surface area contributed by atoms with Gasteiger partial charge in [0.1, 0.15) is 22.7 Å². The molecule has 0 amide bonds. The number of hydrogen-bond acceptors (Lipinski definition) is 4. The number of phenols is 1. The maximum absolute atomic E-state index is 12.7. The summed E-state index contributed by atoms with van der Waals surface area (Å²) < 4.78 is 11.4. The molecule has 0 spiro atoms. The van der Waals surface area contributed by atoms with E-state index in [9.17, 15) is 9.90 Å². The molecule has 1 N–H and O–H groups in total. The maximum Gasteiger partial charge on any atom is 0.342 e. The zero-order valence-corrected chi connectivity index (χ0v) is 15.9.